The number of anilines is 2. The summed E-state index contributed by atoms with van der Waals surface area (Å²) in [5, 5.41) is 3.88. The molecule has 0 saturated heterocycles. The molecule has 3 aromatic carbocycles. The Hall–Kier alpha value is -3.53. The van der Waals surface area contributed by atoms with Gasteiger partial charge in [0, 0.05) is 19.1 Å². The molecule has 37 heavy (non-hydrogen) atoms. The van der Waals surface area contributed by atoms with Gasteiger partial charge in [0.05, 0.1) is 23.5 Å². The first-order chi connectivity index (χ1) is 18.0. The number of allylic oxidation sites excluding steroid dienone is 1. The molecule has 3 aromatic rings. The summed E-state index contributed by atoms with van der Waals surface area (Å²) in [6.07, 6.45) is 5.04. The number of esters is 1. The van der Waals surface area contributed by atoms with Crippen LogP contribution in [0.4, 0.5) is 11.4 Å². The van der Waals surface area contributed by atoms with E-state index in [2.05, 4.69) is 84.7 Å². The molecule has 0 heterocycles. The molecule has 4 atom stereocenters. The van der Waals surface area contributed by atoms with Gasteiger partial charge in [-0.3, -0.25) is 0 Å². The maximum Gasteiger partial charge on any atom is 0.338 e. The molecule has 192 valence electrons. The fourth-order valence-corrected chi connectivity index (χ4v) is 5.89. The highest BCUT2D eigenvalue weighted by Crippen LogP contribution is 2.47. The number of hydrogen-bond donors (Lipinski definition) is 1. The number of carbonyl (C=O) groups is 1. The van der Waals surface area contributed by atoms with Gasteiger partial charge >= 0.3 is 5.97 Å². The number of ether oxygens (including phenoxy) is 1. The van der Waals surface area contributed by atoms with Crippen LogP contribution < -0.4 is 10.2 Å². The van der Waals surface area contributed by atoms with E-state index in [1.165, 1.54) is 24.0 Å². The normalized spacial score (nSPS) is 22.3. The van der Waals surface area contributed by atoms with E-state index >= 15 is 0 Å². The largest absolute Gasteiger partial charge is 0.462 e. The Morgan fingerprint density at radius 2 is 1.57 bits per heavy atom. The first-order valence-corrected chi connectivity index (χ1v) is 13.6. The Kier molecular flexibility index (Phi) is 7.64. The third kappa shape index (κ3) is 5.74. The van der Waals surface area contributed by atoms with E-state index in [0.717, 1.165) is 30.4 Å². The summed E-state index contributed by atoms with van der Waals surface area (Å²) in [7, 11) is 0. The second-order valence-electron chi connectivity index (χ2n) is 10.7. The molecular formula is C33H38N2O2. The first kappa shape index (κ1) is 25.1. The van der Waals surface area contributed by atoms with Gasteiger partial charge in [-0.15, -0.1) is 0 Å². The highest BCUT2D eigenvalue weighted by molar-refractivity contribution is 5.92. The summed E-state index contributed by atoms with van der Waals surface area (Å²) in [6.45, 7) is 8.37. The molecule has 0 amide bonds. The molecule has 0 radical (unpaired) electrons. The van der Waals surface area contributed by atoms with Gasteiger partial charge in [-0.05, 0) is 66.8 Å². The molecular weight excluding hydrogens is 456 g/mol. The number of hydrogen-bond acceptors (Lipinski definition) is 4. The standard InChI is InChI=1S/C33H38N2O2/c1-4-37-33(36)27-15-16-30(34-31-20-29-23(2)17-28(29)18-24(31)3)32(19-27)35(21-25-11-7-5-8-12-25)22-26-13-9-6-10-14-26/h5-16,19-20,23-24,28,31,34H,4,17-18,21-22H2,1-3H3. The zero-order valence-corrected chi connectivity index (χ0v) is 22.2. The van der Waals surface area contributed by atoms with Crippen molar-refractivity contribution < 1.29 is 9.53 Å². The molecule has 0 spiro atoms. The summed E-state index contributed by atoms with van der Waals surface area (Å²) in [4.78, 5) is 15.1. The average molecular weight is 495 g/mol. The molecule has 4 unspecified atom stereocenters. The number of rotatable bonds is 9. The Morgan fingerprint density at radius 1 is 0.919 bits per heavy atom. The summed E-state index contributed by atoms with van der Waals surface area (Å²) in [5.74, 6) is 1.73. The topological polar surface area (TPSA) is 41.6 Å². The van der Waals surface area contributed by atoms with Gasteiger partial charge in [0.2, 0.25) is 0 Å². The maximum absolute atomic E-state index is 12.7. The zero-order valence-electron chi connectivity index (χ0n) is 22.2. The van der Waals surface area contributed by atoms with Crippen molar-refractivity contribution >= 4 is 17.3 Å². The molecule has 2 aliphatic carbocycles. The van der Waals surface area contributed by atoms with Crippen LogP contribution in [0.1, 0.15) is 55.1 Å². The van der Waals surface area contributed by atoms with Crippen LogP contribution in [-0.4, -0.2) is 18.6 Å². The van der Waals surface area contributed by atoms with Crippen LogP contribution in [0.2, 0.25) is 0 Å². The Morgan fingerprint density at radius 3 is 2.16 bits per heavy atom. The average Bonchev–Trinajstić information content (AvgIpc) is 2.91. The Balaban J connectivity index is 1.53. The lowest BCUT2D eigenvalue weighted by atomic mass is 9.63. The Labute approximate surface area is 221 Å². The third-order valence-electron chi connectivity index (χ3n) is 7.92. The predicted octanol–water partition coefficient (Wildman–Crippen LogP) is 7.47. The molecule has 1 saturated carbocycles. The molecule has 5 rings (SSSR count). The minimum absolute atomic E-state index is 0.275. The van der Waals surface area contributed by atoms with Crippen LogP contribution in [-0.2, 0) is 17.8 Å². The van der Waals surface area contributed by atoms with Crippen molar-refractivity contribution in [3.8, 4) is 0 Å². The van der Waals surface area contributed by atoms with Gasteiger partial charge in [-0.1, -0.05) is 86.2 Å². The number of nitrogens with zero attached hydrogens (tertiary/aromatic N) is 1. The minimum Gasteiger partial charge on any atom is -0.462 e. The van der Waals surface area contributed by atoms with Crippen molar-refractivity contribution in [3.63, 3.8) is 0 Å². The van der Waals surface area contributed by atoms with Crippen molar-refractivity contribution in [3.05, 3.63) is 107 Å². The van der Waals surface area contributed by atoms with Crippen LogP contribution >= 0.6 is 0 Å². The molecule has 0 bridgehead atoms. The number of fused-ring (bicyclic) bond motifs is 1. The van der Waals surface area contributed by atoms with Gasteiger partial charge in [-0.2, -0.15) is 0 Å². The second kappa shape index (κ2) is 11.2. The fourth-order valence-electron chi connectivity index (χ4n) is 5.89. The molecule has 0 aromatic heterocycles. The highest BCUT2D eigenvalue weighted by Gasteiger charge is 2.38. The maximum atomic E-state index is 12.7. The molecule has 1 N–H and O–H groups in total. The van der Waals surface area contributed by atoms with E-state index in [4.69, 9.17) is 4.74 Å². The highest BCUT2D eigenvalue weighted by atomic mass is 16.5. The fraction of sp³-hybridized carbons (Fsp3) is 0.364. The quantitative estimate of drug-likeness (QED) is 0.247. The lowest BCUT2D eigenvalue weighted by Gasteiger charge is -2.45. The van der Waals surface area contributed by atoms with Crippen LogP contribution in [0, 0.1) is 17.8 Å². The summed E-state index contributed by atoms with van der Waals surface area (Å²) in [5.41, 5.74) is 6.73. The van der Waals surface area contributed by atoms with Gasteiger partial charge in [-0.25, -0.2) is 4.79 Å². The van der Waals surface area contributed by atoms with E-state index in [1.807, 2.05) is 31.2 Å². The van der Waals surface area contributed by atoms with Gasteiger partial charge in [0.25, 0.3) is 0 Å². The molecule has 4 heteroatoms. The number of nitrogens with one attached hydrogen (secondary N) is 1. The van der Waals surface area contributed by atoms with Gasteiger partial charge in [0.1, 0.15) is 0 Å². The summed E-state index contributed by atoms with van der Waals surface area (Å²) < 4.78 is 5.36. The molecule has 1 fully saturated rings. The smallest absolute Gasteiger partial charge is 0.338 e. The van der Waals surface area contributed by atoms with Crippen molar-refractivity contribution in [1.29, 1.82) is 0 Å². The second-order valence-corrected chi connectivity index (χ2v) is 10.7. The van der Waals surface area contributed by atoms with E-state index in [-0.39, 0.29) is 12.0 Å². The summed E-state index contributed by atoms with van der Waals surface area (Å²) >= 11 is 0. The monoisotopic (exact) mass is 494 g/mol. The minimum atomic E-state index is -0.283. The SMILES string of the molecule is CCOC(=O)c1ccc(NC2C=C3C(C)CC3CC2C)c(N(Cc2ccccc2)Cc2ccccc2)c1. The predicted molar refractivity (Wildman–Crippen MR) is 152 cm³/mol. The summed E-state index contributed by atoms with van der Waals surface area (Å²) in [6, 6.07) is 27.3. The zero-order chi connectivity index (χ0) is 25.8. The van der Waals surface area contributed by atoms with Crippen molar-refractivity contribution in [1.82, 2.24) is 0 Å². The van der Waals surface area contributed by atoms with Crippen LogP contribution in [0.15, 0.2) is 90.5 Å². The molecule has 4 nitrogen and oxygen atoms in total. The lowest BCUT2D eigenvalue weighted by molar-refractivity contribution is 0.0526. The van der Waals surface area contributed by atoms with Crippen LogP contribution in [0.3, 0.4) is 0 Å². The van der Waals surface area contributed by atoms with Crippen LogP contribution in [0.25, 0.3) is 0 Å². The van der Waals surface area contributed by atoms with E-state index in [1.54, 1.807) is 5.57 Å². The van der Waals surface area contributed by atoms with Crippen molar-refractivity contribution in [2.75, 3.05) is 16.8 Å². The molecule has 0 aliphatic heterocycles. The van der Waals surface area contributed by atoms with E-state index in [0.29, 0.717) is 24.0 Å². The van der Waals surface area contributed by atoms with Gasteiger partial charge in [0.15, 0.2) is 0 Å². The van der Waals surface area contributed by atoms with Gasteiger partial charge < -0.3 is 15.0 Å². The lowest BCUT2D eigenvalue weighted by Crippen LogP contribution is -2.39. The van der Waals surface area contributed by atoms with E-state index < -0.39 is 0 Å². The Bertz CT molecular complexity index is 1200. The van der Waals surface area contributed by atoms with Crippen LogP contribution in [0.5, 0.6) is 0 Å². The van der Waals surface area contributed by atoms with E-state index in [9.17, 15) is 4.79 Å². The molecule has 2 aliphatic rings. The number of benzene rings is 3. The van der Waals surface area contributed by atoms with Crippen molar-refractivity contribution in [2.24, 2.45) is 17.8 Å². The first-order valence-electron chi connectivity index (χ1n) is 13.6. The number of carbonyl (C=O) groups excluding carboxylic acids is 1. The third-order valence-corrected chi connectivity index (χ3v) is 7.92. The van der Waals surface area contributed by atoms with Crippen molar-refractivity contribution in [2.45, 2.75) is 52.7 Å².